The summed E-state index contributed by atoms with van der Waals surface area (Å²) in [5, 5.41) is 2.07. The Bertz CT molecular complexity index is 937. The van der Waals surface area contributed by atoms with E-state index in [-0.39, 0.29) is 42.1 Å². The molecule has 0 spiro atoms. The molecule has 1 fully saturated rings. The van der Waals surface area contributed by atoms with Crippen LogP contribution >= 0.6 is 22.9 Å². The van der Waals surface area contributed by atoms with Crippen molar-refractivity contribution in [2.75, 3.05) is 38.6 Å². The number of halogens is 2. The molecule has 2 aliphatic heterocycles. The molecule has 0 radical (unpaired) electrons. The maximum Gasteiger partial charge on any atom is 0.237 e. The van der Waals surface area contributed by atoms with E-state index < -0.39 is 0 Å². The SMILES string of the molecule is C[C@H]1CN(C(=O)CN2CCc3sccc3[C@@H]2c2cccc(F)c2)CCN1C(=O)CCl. The van der Waals surface area contributed by atoms with E-state index in [1.807, 2.05) is 17.9 Å². The molecule has 4 rings (SSSR count). The van der Waals surface area contributed by atoms with Gasteiger partial charge in [0.1, 0.15) is 11.7 Å². The molecule has 5 nitrogen and oxygen atoms in total. The molecule has 160 valence electrons. The Hall–Kier alpha value is -1.96. The van der Waals surface area contributed by atoms with Crippen LogP contribution in [0.5, 0.6) is 0 Å². The number of alkyl halides is 1. The van der Waals surface area contributed by atoms with Crippen molar-refractivity contribution >= 4 is 34.8 Å². The van der Waals surface area contributed by atoms with Crippen molar-refractivity contribution in [1.82, 2.24) is 14.7 Å². The molecule has 0 saturated carbocycles. The van der Waals surface area contributed by atoms with Gasteiger partial charge in [0.15, 0.2) is 0 Å². The lowest BCUT2D eigenvalue weighted by Crippen LogP contribution is -2.57. The van der Waals surface area contributed by atoms with Gasteiger partial charge in [0.2, 0.25) is 11.8 Å². The topological polar surface area (TPSA) is 43.9 Å². The van der Waals surface area contributed by atoms with Gasteiger partial charge in [-0.3, -0.25) is 14.5 Å². The largest absolute Gasteiger partial charge is 0.338 e. The molecule has 1 aromatic heterocycles. The van der Waals surface area contributed by atoms with Crippen molar-refractivity contribution in [2.24, 2.45) is 0 Å². The highest BCUT2D eigenvalue weighted by atomic mass is 35.5. The Morgan fingerprint density at radius 2 is 2.03 bits per heavy atom. The quantitative estimate of drug-likeness (QED) is 0.673. The second kappa shape index (κ2) is 9.04. The number of amides is 2. The zero-order chi connectivity index (χ0) is 21.3. The van der Waals surface area contributed by atoms with Gasteiger partial charge in [-0.1, -0.05) is 12.1 Å². The van der Waals surface area contributed by atoms with Crippen molar-refractivity contribution in [3.05, 3.63) is 57.5 Å². The van der Waals surface area contributed by atoms with E-state index >= 15 is 0 Å². The minimum absolute atomic E-state index is 0.0373. The number of carbonyl (C=O) groups excluding carboxylic acids is 2. The van der Waals surface area contributed by atoms with Crippen molar-refractivity contribution in [3.8, 4) is 0 Å². The average Bonchev–Trinajstić information content (AvgIpc) is 3.21. The molecule has 0 unspecified atom stereocenters. The van der Waals surface area contributed by atoms with E-state index in [2.05, 4.69) is 16.3 Å². The summed E-state index contributed by atoms with van der Waals surface area (Å²) >= 11 is 7.41. The van der Waals surface area contributed by atoms with Gasteiger partial charge in [0, 0.05) is 37.1 Å². The van der Waals surface area contributed by atoms with E-state index in [9.17, 15) is 14.0 Å². The number of nitrogens with zero attached hydrogens (tertiary/aromatic N) is 3. The van der Waals surface area contributed by atoms with Crippen molar-refractivity contribution < 1.29 is 14.0 Å². The first kappa shape index (κ1) is 21.3. The molecule has 2 aliphatic rings. The van der Waals surface area contributed by atoms with Gasteiger partial charge >= 0.3 is 0 Å². The van der Waals surface area contributed by atoms with Crippen LogP contribution in [-0.4, -0.2) is 71.2 Å². The molecule has 0 N–H and O–H groups in total. The predicted molar refractivity (Wildman–Crippen MR) is 116 cm³/mol. The van der Waals surface area contributed by atoms with Crippen molar-refractivity contribution in [2.45, 2.75) is 25.4 Å². The van der Waals surface area contributed by atoms with E-state index in [1.54, 1.807) is 28.4 Å². The summed E-state index contributed by atoms with van der Waals surface area (Å²) in [6.07, 6.45) is 0.889. The van der Waals surface area contributed by atoms with Gasteiger partial charge in [-0.05, 0) is 48.1 Å². The lowest BCUT2D eigenvalue weighted by atomic mass is 9.93. The van der Waals surface area contributed by atoms with E-state index in [4.69, 9.17) is 11.6 Å². The van der Waals surface area contributed by atoms with Crippen molar-refractivity contribution in [3.63, 3.8) is 0 Å². The summed E-state index contributed by atoms with van der Waals surface area (Å²) in [4.78, 5) is 32.1. The highest BCUT2D eigenvalue weighted by molar-refractivity contribution is 7.10. The first-order valence-corrected chi connectivity index (χ1v) is 11.6. The molecule has 1 aromatic carbocycles. The Morgan fingerprint density at radius 1 is 1.20 bits per heavy atom. The van der Waals surface area contributed by atoms with Crippen LogP contribution in [0.25, 0.3) is 0 Å². The number of rotatable bonds is 4. The summed E-state index contributed by atoms with van der Waals surface area (Å²) in [5.74, 6) is -0.358. The smallest absolute Gasteiger partial charge is 0.237 e. The monoisotopic (exact) mass is 449 g/mol. The first-order valence-electron chi connectivity index (χ1n) is 10.2. The Morgan fingerprint density at radius 3 is 2.77 bits per heavy atom. The number of benzene rings is 1. The van der Waals surface area contributed by atoms with Gasteiger partial charge in [0.05, 0.1) is 12.6 Å². The molecule has 1 saturated heterocycles. The fraction of sp³-hybridized carbons (Fsp3) is 0.455. The van der Waals surface area contributed by atoms with Crippen LogP contribution in [0.15, 0.2) is 35.7 Å². The predicted octanol–water partition coefficient (Wildman–Crippen LogP) is 3.13. The van der Waals surface area contributed by atoms with Gasteiger partial charge in [0.25, 0.3) is 0 Å². The summed E-state index contributed by atoms with van der Waals surface area (Å²) in [7, 11) is 0. The second-order valence-corrected chi connectivity index (χ2v) is 9.15. The van der Waals surface area contributed by atoms with Gasteiger partial charge < -0.3 is 9.80 Å². The number of fused-ring (bicyclic) bond motifs is 1. The van der Waals surface area contributed by atoms with Gasteiger partial charge in [-0.15, -0.1) is 22.9 Å². The number of hydrogen-bond acceptors (Lipinski definition) is 4. The molecular weight excluding hydrogens is 425 g/mol. The van der Waals surface area contributed by atoms with Crippen LogP contribution in [0, 0.1) is 5.82 Å². The van der Waals surface area contributed by atoms with Crippen LogP contribution in [0.2, 0.25) is 0 Å². The van der Waals surface area contributed by atoms with Crippen LogP contribution < -0.4 is 0 Å². The third-order valence-corrected chi connectivity index (χ3v) is 7.21. The van der Waals surface area contributed by atoms with Crippen LogP contribution in [0.4, 0.5) is 4.39 Å². The molecule has 8 heteroatoms. The Labute approximate surface area is 185 Å². The normalized spacial score (nSPS) is 22.1. The summed E-state index contributed by atoms with van der Waals surface area (Å²) < 4.78 is 13.9. The summed E-state index contributed by atoms with van der Waals surface area (Å²) in [6, 6.07) is 8.56. The maximum atomic E-state index is 13.9. The first-order chi connectivity index (χ1) is 14.5. The van der Waals surface area contributed by atoms with Crippen LogP contribution in [0.1, 0.15) is 29.0 Å². The third kappa shape index (κ3) is 4.24. The van der Waals surface area contributed by atoms with Gasteiger partial charge in [-0.25, -0.2) is 4.39 Å². The summed E-state index contributed by atoms with van der Waals surface area (Å²) in [5.41, 5.74) is 2.03. The molecule has 0 bridgehead atoms. The van der Waals surface area contributed by atoms with E-state index in [0.29, 0.717) is 19.6 Å². The lowest BCUT2D eigenvalue weighted by molar-refractivity contribution is -0.142. The molecule has 30 heavy (non-hydrogen) atoms. The molecular formula is C22H25ClFN3O2S. The molecule has 0 aliphatic carbocycles. The zero-order valence-electron chi connectivity index (χ0n) is 16.9. The molecule has 2 aromatic rings. The maximum absolute atomic E-state index is 13.9. The van der Waals surface area contributed by atoms with Crippen LogP contribution in [-0.2, 0) is 16.0 Å². The average molecular weight is 450 g/mol. The van der Waals surface area contributed by atoms with E-state index in [1.165, 1.54) is 10.9 Å². The minimum atomic E-state index is -0.268. The number of hydrogen-bond donors (Lipinski definition) is 0. The second-order valence-electron chi connectivity index (χ2n) is 7.89. The Kier molecular flexibility index (Phi) is 6.41. The number of carbonyl (C=O) groups is 2. The van der Waals surface area contributed by atoms with Crippen LogP contribution in [0.3, 0.4) is 0 Å². The molecule has 2 atom stereocenters. The van der Waals surface area contributed by atoms with Gasteiger partial charge in [-0.2, -0.15) is 0 Å². The highest BCUT2D eigenvalue weighted by Gasteiger charge is 2.34. The molecule has 3 heterocycles. The lowest BCUT2D eigenvalue weighted by Gasteiger charge is -2.41. The van der Waals surface area contributed by atoms with E-state index in [0.717, 1.165) is 24.1 Å². The third-order valence-electron chi connectivity index (χ3n) is 5.98. The zero-order valence-corrected chi connectivity index (χ0v) is 18.5. The minimum Gasteiger partial charge on any atom is -0.338 e. The molecule has 2 amide bonds. The standard InChI is InChI=1S/C22H25ClFN3O2S/c1-15-13-25(8-9-27(15)20(28)12-23)21(29)14-26-7-5-19-18(6-10-30-19)22(26)16-3-2-4-17(24)11-16/h2-4,6,10-11,15,22H,5,7-9,12-14H2,1H3/t15-,22-/m0/s1. The number of piperazine rings is 1. The fourth-order valence-corrected chi connectivity index (χ4v) is 5.57. The highest BCUT2D eigenvalue weighted by Crippen LogP contribution is 2.37. The summed E-state index contributed by atoms with van der Waals surface area (Å²) in [6.45, 7) is 4.48. The fourth-order valence-electron chi connectivity index (χ4n) is 4.51. The number of thiophene rings is 1. The van der Waals surface area contributed by atoms with Crippen molar-refractivity contribution in [1.29, 1.82) is 0 Å². The Balaban J connectivity index is 1.50.